The number of amides is 2. The fourth-order valence-electron chi connectivity index (χ4n) is 4.01. The van der Waals surface area contributed by atoms with E-state index in [1.165, 1.54) is 10.6 Å². The van der Waals surface area contributed by atoms with Gasteiger partial charge in [0.1, 0.15) is 0 Å². The zero-order chi connectivity index (χ0) is 23.1. The van der Waals surface area contributed by atoms with Crippen LogP contribution in [0.5, 0.6) is 11.5 Å². The first-order valence-electron chi connectivity index (χ1n) is 11.2. The van der Waals surface area contributed by atoms with Crippen LogP contribution in [-0.4, -0.2) is 81.1 Å². The van der Waals surface area contributed by atoms with Crippen LogP contribution in [0.2, 0.25) is 0 Å². The molecule has 2 aliphatic heterocycles. The molecule has 2 heterocycles. The van der Waals surface area contributed by atoms with Gasteiger partial charge in [-0.15, -0.1) is 0 Å². The number of sulfonamides is 1. The SMILES string of the molecule is CCOc1cc(C(=O)NC2CCN(S(C)(=O)=O)CC2)ccc1OCC(=O)N1CCCCC1. The smallest absolute Gasteiger partial charge is 0.260 e. The number of hydrogen-bond donors (Lipinski definition) is 1. The molecule has 2 saturated heterocycles. The van der Waals surface area contributed by atoms with Crippen molar-refractivity contribution in [2.75, 3.05) is 45.6 Å². The van der Waals surface area contributed by atoms with E-state index >= 15 is 0 Å². The number of nitrogens with one attached hydrogen (secondary N) is 1. The molecule has 178 valence electrons. The number of nitrogens with zero attached hydrogens (tertiary/aromatic N) is 2. The van der Waals surface area contributed by atoms with Gasteiger partial charge in [0, 0.05) is 37.8 Å². The Balaban J connectivity index is 1.58. The van der Waals surface area contributed by atoms with Crippen molar-refractivity contribution in [3.63, 3.8) is 0 Å². The van der Waals surface area contributed by atoms with E-state index in [0.29, 0.717) is 49.6 Å². The van der Waals surface area contributed by atoms with Gasteiger partial charge in [0.2, 0.25) is 10.0 Å². The molecule has 0 unspecified atom stereocenters. The van der Waals surface area contributed by atoms with Gasteiger partial charge in [0.25, 0.3) is 11.8 Å². The van der Waals surface area contributed by atoms with Gasteiger partial charge in [-0.1, -0.05) is 0 Å². The topological polar surface area (TPSA) is 105 Å². The molecule has 0 aromatic heterocycles. The molecule has 0 aliphatic carbocycles. The van der Waals surface area contributed by atoms with Crippen LogP contribution in [0.1, 0.15) is 49.4 Å². The Labute approximate surface area is 190 Å². The number of rotatable bonds is 8. The van der Waals surface area contributed by atoms with Gasteiger partial charge < -0.3 is 19.7 Å². The summed E-state index contributed by atoms with van der Waals surface area (Å²) < 4.78 is 36.1. The summed E-state index contributed by atoms with van der Waals surface area (Å²) in [4.78, 5) is 26.9. The van der Waals surface area contributed by atoms with E-state index in [9.17, 15) is 18.0 Å². The maximum atomic E-state index is 12.7. The third-order valence-corrected chi connectivity index (χ3v) is 7.13. The van der Waals surface area contributed by atoms with Crippen LogP contribution < -0.4 is 14.8 Å². The molecule has 3 rings (SSSR count). The fraction of sp³-hybridized carbons (Fsp3) is 0.636. The Morgan fingerprint density at radius 3 is 2.34 bits per heavy atom. The number of benzene rings is 1. The molecule has 0 saturated carbocycles. The van der Waals surface area contributed by atoms with Crippen molar-refractivity contribution in [3.8, 4) is 11.5 Å². The van der Waals surface area contributed by atoms with E-state index < -0.39 is 10.0 Å². The molecule has 2 aliphatic rings. The molecular weight excluding hydrogens is 434 g/mol. The number of carbonyl (C=O) groups excluding carboxylic acids is 2. The molecule has 2 amide bonds. The van der Waals surface area contributed by atoms with Gasteiger partial charge in [0.05, 0.1) is 12.9 Å². The summed E-state index contributed by atoms with van der Waals surface area (Å²) in [5, 5.41) is 2.97. The van der Waals surface area contributed by atoms with Crippen molar-refractivity contribution in [2.24, 2.45) is 0 Å². The first-order chi connectivity index (χ1) is 15.3. The molecule has 0 spiro atoms. The summed E-state index contributed by atoms with van der Waals surface area (Å²) in [5.41, 5.74) is 0.425. The normalized spacial score (nSPS) is 18.2. The minimum Gasteiger partial charge on any atom is -0.490 e. The second-order valence-corrected chi connectivity index (χ2v) is 10.2. The second-order valence-electron chi connectivity index (χ2n) is 8.23. The number of ether oxygens (including phenoxy) is 2. The molecule has 1 aromatic carbocycles. The van der Waals surface area contributed by atoms with Gasteiger partial charge in [-0.25, -0.2) is 12.7 Å². The van der Waals surface area contributed by atoms with Crippen LogP contribution in [0.4, 0.5) is 0 Å². The van der Waals surface area contributed by atoms with Gasteiger partial charge in [-0.2, -0.15) is 0 Å². The van der Waals surface area contributed by atoms with Gasteiger partial charge in [-0.3, -0.25) is 9.59 Å². The van der Waals surface area contributed by atoms with Crippen molar-refractivity contribution in [3.05, 3.63) is 23.8 Å². The highest BCUT2D eigenvalue weighted by Gasteiger charge is 2.26. The summed E-state index contributed by atoms with van der Waals surface area (Å²) in [7, 11) is -3.20. The largest absolute Gasteiger partial charge is 0.490 e. The zero-order valence-corrected chi connectivity index (χ0v) is 19.7. The van der Waals surface area contributed by atoms with Crippen molar-refractivity contribution in [2.45, 2.75) is 45.1 Å². The number of piperidine rings is 2. The van der Waals surface area contributed by atoms with Crippen LogP contribution in [0.25, 0.3) is 0 Å². The average Bonchev–Trinajstić information content (AvgIpc) is 2.78. The van der Waals surface area contributed by atoms with E-state index in [1.54, 1.807) is 18.2 Å². The maximum absolute atomic E-state index is 12.7. The Bertz CT molecular complexity index is 906. The van der Waals surface area contributed by atoms with E-state index in [4.69, 9.17) is 9.47 Å². The Hall–Kier alpha value is -2.33. The van der Waals surface area contributed by atoms with Crippen LogP contribution in [-0.2, 0) is 14.8 Å². The van der Waals surface area contributed by atoms with E-state index in [1.807, 2.05) is 11.8 Å². The highest BCUT2D eigenvalue weighted by atomic mass is 32.2. The number of carbonyl (C=O) groups is 2. The molecule has 1 N–H and O–H groups in total. The average molecular weight is 468 g/mol. The van der Waals surface area contributed by atoms with Gasteiger partial charge in [0.15, 0.2) is 18.1 Å². The quantitative estimate of drug-likeness (QED) is 0.623. The standard InChI is InChI=1S/C22H33N3O6S/c1-3-30-20-15-17(22(27)23-18-9-13-25(14-10-18)32(2,28)29)7-8-19(20)31-16-21(26)24-11-5-4-6-12-24/h7-8,15,18H,3-6,9-14,16H2,1-2H3,(H,23,27). The van der Waals surface area contributed by atoms with Crippen molar-refractivity contribution >= 4 is 21.8 Å². The van der Waals surface area contributed by atoms with Crippen molar-refractivity contribution in [1.29, 1.82) is 0 Å². The molecule has 0 radical (unpaired) electrons. The third kappa shape index (κ3) is 6.59. The minimum atomic E-state index is -3.20. The third-order valence-electron chi connectivity index (χ3n) is 5.82. The highest BCUT2D eigenvalue weighted by molar-refractivity contribution is 7.88. The lowest BCUT2D eigenvalue weighted by Gasteiger charge is -2.30. The second kappa shape index (κ2) is 11.0. The Morgan fingerprint density at radius 2 is 1.72 bits per heavy atom. The molecule has 32 heavy (non-hydrogen) atoms. The summed E-state index contributed by atoms with van der Waals surface area (Å²) in [5.74, 6) is 0.544. The lowest BCUT2D eigenvalue weighted by Crippen LogP contribution is -2.46. The summed E-state index contributed by atoms with van der Waals surface area (Å²) >= 11 is 0. The highest BCUT2D eigenvalue weighted by Crippen LogP contribution is 2.29. The van der Waals surface area contributed by atoms with Gasteiger partial charge >= 0.3 is 0 Å². The summed E-state index contributed by atoms with van der Waals surface area (Å²) in [6.07, 6.45) is 5.53. The Kier molecular flexibility index (Phi) is 8.36. The zero-order valence-electron chi connectivity index (χ0n) is 18.8. The molecule has 1 aromatic rings. The lowest BCUT2D eigenvalue weighted by atomic mass is 10.1. The fourth-order valence-corrected chi connectivity index (χ4v) is 4.89. The summed E-state index contributed by atoms with van der Waals surface area (Å²) in [6, 6.07) is 4.82. The Morgan fingerprint density at radius 1 is 1.03 bits per heavy atom. The van der Waals surface area contributed by atoms with E-state index in [-0.39, 0.29) is 24.5 Å². The first kappa shape index (κ1) is 24.3. The minimum absolute atomic E-state index is 0.0468. The van der Waals surface area contributed by atoms with Crippen LogP contribution in [0, 0.1) is 0 Å². The lowest BCUT2D eigenvalue weighted by molar-refractivity contribution is -0.134. The van der Waals surface area contributed by atoms with Crippen LogP contribution in [0.3, 0.4) is 0 Å². The van der Waals surface area contributed by atoms with Gasteiger partial charge in [-0.05, 0) is 57.2 Å². The summed E-state index contributed by atoms with van der Waals surface area (Å²) in [6.45, 7) is 4.49. The number of likely N-dealkylation sites (tertiary alicyclic amines) is 1. The first-order valence-corrected chi connectivity index (χ1v) is 13.1. The molecule has 0 bridgehead atoms. The van der Waals surface area contributed by atoms with E-state index in [0.717, 1.165) is 32.4 Å². The van der Waals surface area contributed by atoms with Crippen molar-refractivity contribution in [1.82, 2.24) is 14.5 Å². The number of hydrogen-bond acceptors (Lipinski definition) is 6. The molecule has 2 fully saturated rings. The molecule has 9 nitrogen and oxygen atoms in total. The van der Waals surface area contributed by atoms with Crippen molar-refractivity contribution < 1.29 is 27.5 Å². The molecular formula is C22H33N3O6S. The monoisotopic (exact) mass is 467 g/mol. The molecule has 10 heteroatoms. The van der Waals surface area contributed by atoms with E-state index in [2.05, 4.69) is 5.32 Å². The van der Waals surface area contributed by atoms with Crippen LogP contribution in [0.15, 0.2) is 18.2 Å². The predicted molar refractivity (Wildman–Crippen MR) is 120 cm³/mol. The molecule has 0 atom stereocenters. The maximum Gasteiger partial charge on any atom is 0.260 e. The van der Waals surface area contributed by atoms with Crippen LogP contribution >= 0.6 is 0 Å². The predicted octanol–water partition coefficient (Wildman–Crippen LogP) is 1.63.